The lowest BCUT2D eigenvalue weighted by Crippen LogP contribution is -2.43. The first-order chi connectivity index (χ1) is 14.2. The largest absolute Gasteiger partial charge is 0.366 e. The minimum Gasteiger partial charge on any atom is -0.366 e. The summed E-state index contributed by atoms with van der Waals surface area (Å²) in [4.78, 5) is 17.6. The van der Waals surface area contributed by atoms with Gasteiger partial charge in [0.25, 0.3) is 0 Å². The molecule has 3 heterocycles. The Bertz CT molecular complexity index is 1040. The predicted octanol–water partition coefficient (Wildman–Crippen LogP) is 3.85. The van der Waals surface area contributed by atoms with Crippen LogP contribution in [-0.2, 0) is 6.42 Å². The number of nitrogens with zero attached hydrogens (tertiary/aromatic N) is 4. The molecule has 1 N–H and O–H groups in total. The van der Waals surface area contributed by atoms with Gasteiger partial charge in [0.1, 0.15) is 0 Å². The number of urea groups is 1. The van der Waals surface area contributed by atoms with Crippen LogP contribution < -0.4 is 10.2 Å². The predicted molar refractivity (Wildman–Crippen MR) is 115 cm³/mol. The van der Waals surface area contributed by atoms with Gasteiger partial charge in [0.05, 0.1) is 23.1 Å². The molecule has 1 atom stereocenters. The Labute approximate surface area is 170 Å². The Morgan fingerprint density at radius 1 is 1.03 bits per heavy atom. The summed E-state index contributed by atoms with van der Waals surface area (Å²) in [7, 11) is 0. The molecule has 1 aromatic heterocycles. The summed E-state index contributed by atoms with van der Waals surface area (Å²) in [6, 6.07) is 18.7. The van der Waals surface area contributed by atoms with Crippen LogP contribution in [0.3, 0.4) is 0 Å². The second-order valence-electron chi connectivity index (χ2n) is 7.83. The number of amides is 2. The van der Waals surface area contributed by atoms with Gasteiger partial charge in [0, 0.05) is 31.5 Å². The third-order valence-electron chi connectivity index (χ3n) is 5.86. The molecule has 148 valence electrons. The maximum Gasteiger partial charge on any atom is 0.321 e. The van der Waals surface area contributed by atoms with Crippen molar-refractivity contribution in [3.63, 3.8) is 0 Å². The molecular weight excluding hydrogens is 362 g/mol. The van der Waals surface area contributed by atoms with Gasteiger partial charge in [-0.2, -0.15) is 5.10 Å². The molecule has 0 aliphatic carbocycles. The molecule has 2 aromatic carbocycles. The number of hydrogen-bond donors (Lipinski definition) is 1. The van der Waals surface area contributed by atoms with Gasteiger partial charge in [0.15, 0.2) is 0 Å². The minimum atomic E-state index is -0.0425. The van der Waals surface area contributed by atoms with Crippen LogP contribution in [0.15, 0.2) is 60.8 Å². The third-order valence-corrected chi connectivity index (χ3v) is 5.86. The van der Waals surface area contributed by atoms with E-state index in [2.05, 4.69) is 39.6 Å². The van der Waals surface area contributed by atoms with Crippen molar-refractivity contribution in [1.29, 1.82) is 0 Å². The average molecular weight is 387 g/mol. The lowest BCUT2D eigenvalue weighted by Gasteiger charge is -2.27. The third kappa shape index (κ3) is 3.35. The van der Waals surface area contributed by atoms with E-state index in [0.717, 1.165) is 49.5 Å². The molecule has 1 unspecified atom stereocenters. The first kappa shape index (κ1) is 17.8. The molecule has 6 heteroatoms. The van der Waals surface area contributed by atoms with E-state index in [-0.39, 0.29) is 6.03 Å². The summed E-state index contributed by atoms with van der Waals surface area (Å²) in [5.74, 6) is 0. The highest BCUT2D eigenvalue weighted by atomic mass is 16.2. The Balaban J connectivity index is 1.34. The summed E-state index contributed by atoms with van der Waals surface area (Å²) < 4.78 is 1.81. The summed E-state index contributed by atoms with van der Waals surface area (Å²) in [5, 5.41) is 7.61. The Morgan fingerprint density at radius 3 is 2.66 bits per heavy atom. The van der Waals surface area contributed by atoms with E-state index in [1.165, 1.54) is 11.3 Å². The quantitative estimate of drug-likeness (QED) is 0.727. The molecule has 2 aliphatic heterocycles. The lowest BCUT2D eigenvalue weighted by atomic mass is 10.1. The number of rotatable bonds is 2. The summed E-state index contributed by atoms with van der Waals surface area (Å²) in [5.41, 5.74) is 5.31. The van der Waals surface area contributed by atoms with Gasteiger partial charge >= 0.3 is 6.03 Å². The van der Waals surface area contributed by atoms with Crippen molar-refractivity contribution < 1.29 is 4.79 Å². The molecule has 2 aliphatic rings. The first-order valence-electron chi connectivity index (χ1n) is 10.2. The van der Waals surface area contributed by atoms with E-state index in [1.807, 2.05) is 53.0 Å². The number of aryl methyl sites for hydroxylation is 1. The summed E-state index contributed by atoms with van der Waals surface area (Å²) >= 11 is 0. The van der Waals surface area contributed by atoms with Crippen LogP contribution in [0.25, 0.3) is 5.69 Å². The highest BCUT2D eigenvalue weighted by Crippen LogP contribution is 2.33. The fourth-order valence-electron chi connectivity index (χ4n) is 4.48. The molecule has 2 amide bonds. The van der Waals surface area contributed by atoms with Crippen LogP contribution in [-0.4, -0.2) is 46.4 Å². The van der Waals surface area contributed by atoms with Gasteiger partial charge in [0.2, 0.25) is 0 Å². The van der Waals surface area contributed by atoms with Gasteiger partial charge in [-0.3, -0.25) is 0 Å². The number of fused-ring (bicyclic) bond motifs is 3. The summed E-state index contributed by atoms with van der Waals surface area (Å²) in [6.45, 7) is 4.46. The van der Waals surface area contributed by atoms with Gasteiger partial charge in [-0.15, -0.1) is 0 Å². The van der Waals surface area contributed by atoms with Crippen LogP contribution in [0, 0.1) is 6.92 Å². The highest BCUT2D eigenvalue weighted by molar-refractivity contribution is 5.91. The maximum atomic E-state index is 13.1. The van der Waals surface area contributed by atoms with Gasteiger partial charge in [-0.05, 0) is 49.6 Å². The van der Waals surface area contributed by atoms with Crippen LogP contribution in [0.4, 0.5) is 16.2 Å². The van der Waals surface area contributed by atoms with Crippen LogP contribution in [0.2, 0.25) is 0 Å². The Morgan fingerprint density at radius 2 is 1.83 bits per heavy atom. The molecule has 6 nitrogen and oxygen atoms in total. The Kier molecular flexibility index (Phi) is 4.46. The van der Waals surface area contributed by atoms with E-state index in [9.17, 15) is 4.79 Å². The lowest BCUT2D eigenvalue weighted by molar-refractivity contribution is 0.211. The Hall–Kier alpha value is -3.28. The normalized spacial score (nSPS) is 18.2. The first-order valence-corrected chi connectivity index (χ1v) is 10.2. The van der Waals surface area contributed by atoms with Crippen LogP contribution >= 0.6 is 0 Å². The topological polar surface area (TPSA) is 53.4 Å². The number of hydrogen-bond acceptors (Lipinski definition) is 3. The number of benzene rings is 2. The fourth-order valence-corrected chi connectivity index (χ4v) is 4.48. The van der Waals surface area contributed by atoms with E-state index in [4.69, 9.17) is 0 Å². The standard InChI is InChI=1S/C23H25N5O/c1-17-11-14-28(25-17)22-10-5-3-8-20(22)24-23(29)26-12-6-13-27-19(16-26)15-18-7-2-4-9-21(18)27/h2-5,7-11,14,19H,6,12-13,15-16H2,1H3,(H,24,29). The molecule has 1 fully saturated rings. The zero-order valence-corrected chi connectivity index (χ0v) is 16.6. The number of nitrogens with one attached hydrogen (secondary N) is 1. The van der Waals surface area contributed by atoms with Gasteiger partial charge < -0.3 is 15.1 Å². The smallest absolute Gasteiger partial charge is 0.321 e. The zero-order chi connectivity index (χ0) is 19.8. The molecule has 0 saturated carbocycles. The molecule has 0 spiro atoms. The second kappa shape index (κ2) is 7.28. The molecule has 5 rings (SSSR count). The molecule has 29 heavy (non-hydrogen) atoms. The molecular formula is C23H25N5O. The van der Waals surface area contributed by atoms with Crippen molar-refractivity contribution in [2.45, 2.75) is 25.8 Å². The van der Waals surface area contributed by atoms with Crippen molar-refractivity contribution in [2.24, 2.45) is 0 Å². The van der Waals surface area contributed by atoms with Crippen LogP contribution in [0.5, 0.6) is 0 Å². The van der Waals surface area contributed by atoms with Crippen molar-refractivity contribution in [3.05, 3.63) is 72.1 Å². The van der Waals surface area contributed by atoms with E-state index >= 15 is 0 Å². The van der Waals surface area contributed by atoms with Crippen molar-refractivity contribution in [3.8, 4) is 5.69 Å². The maximum absolute atomic E-state index is 13.1. The number of aromatic nitrogens is 2. The van der Waals surface area contributed by atoms with Crippen molar-refractivity contribution >= 4 is 17.4 Å². The number of anilines is 2. The number of carbonyl (C=O) groups is 1. The van der Waals surface area contributed by atoms with Gasteiger partial charge in [-0.1, -0.05) is 30.3 Å². The number of para-hydroxylation sites is 3. The molecule has 0 bridgehead atoms. The van der Waals surface area contributed by atoms with E-state index in [0.29, 0.717) is 6.04 Å². The summed E-state index contributed by atoms with van der Waals surface area (Å²) in [6.07, 6.45) is 3.89. The van der Waals surface area contributed by atoms with E-state index in [1.54, 1.807) is 0 Å². The van der Waals surface area contributed by atoms with Crippen LogP contribution in [0.1, 0.15) is 17.7 Å². The van der Waals surface area contributed by atoms with Gasteiger partial charge in [-0.25, -0.2) is 9.48 Å². The highest BCUT2D eigenvalue weighted by Gasteiger charge is 2.33. The average Bonchev–Trinajstić information content (AvgIpc) is 3.24. The minimum absolute atomic E-state index is 0.0425. The fraction of sp³-hybridized carbons (Fsp3) is 0.304. The zero-order valence-electron chi connectivity index (χ0n) is 16.6. The number of carbonyl (C=O) groups excluding carboxylic acids is 1. The van der Waals surface area contributed by atoms with Crippen molar-refractivity contribution in [1.82, 2.24) is 14.7 Å². The van der Waals surface area contributed by atoms with Crippen molar-refractivity contribution in [2.75, 3.05) is 29.9 Å². The second-order valence-corrected chi connectivity index (χ2v) is 7.83. The van der Waals surface area contributed by atoms with E-state index < -0.39 is 0 Å². The monoisotopic (exact) mass is 387 g/mol. The molecule has 0 radical (unpaired) electrons. The molecule has 1 saturated heterocycles. The SMILES string of the molecule is Cc1ccn(-c2ccccc2NC(=O)N2CCCN3c4ccccc4CC3C2)n1. The molecule has 3 aromatic rings.